The lowest BCUT2D eigenvalue weighted by Crippen LogP contribution is -2.62. The first-order chi connectivity index (χ1) is 17.0. The fourth-order valence-corrected chi connectivity index (χ4v) is 8.62. The maximum atomic E-state index is 11.1. The first kappa shape index (κ1) is 26.6. The molecular formula is C27H30O5S3. The van der Waals surface area contributed by atoms with Gasteiger partial charge in [0.2, 0.25) is 0 Å². The Morgan fingerprint density at radius 2 is 0.914 bits per heavy atom. The van der Waals surface area contributed by atoms with E-state index in [0.29, 0.717) is 17.3 Å². The molecule has 4 N–H and O–H groups in total. The van der Waals surface area contributed by atoms with Crippen LogP contribution < -0.4 is 0 Å². The number of hydrogen-bond donors (Lipinski definition) is 4. The van der Waals surface area contributed by atoms with Gasteiger partial charge in [-0.1, -0.05) is 91.0 Å². The van der Waals surface area contributed by atoms with Crippen molar-refractivity contribution in [1.29, 1.82) is 0 Å². The van der Waals surface area contributed by atoms with Gasteiger partial charge in [-0.2, -0.15) is 0 Å². The molecule has 5 atom stereocenters. The number of hydrogen-bond acceptors (Lipinski definition) is 8. The average molecular weight is 531 g/mol. The smallest absolute Gasteiger partial charge is 0.184 e. The highest BCUT2D eigenvalue weighted by Gasteiger charge is 2.54. The topological polar surface area (TPSA) is 90.2 Å². The molecule has 1 saturated heterocycles. The minimum Gasteiger partial charge on any atom is -0.387 e. The summed E-state index contributed by atoms with van der Waals surface area (Å²) in [7, 11) is 0. The highest BCUT2D eigenvalue weighted by Crippen LogP contribution is 2.55. The van der Waals surface area contributed by atoms with Gasteiger partial charge in [-0.3, -0.25) is 0 Å². The third-order valence-electron chi connectivity index (χ3n) is 5.79. The van der Waals surface area contributed by atoms with Crippen LogP contribution >= 0.6 is 35.3 Å². The van der Waals surface area contributed by atoms with E-state index in [1.54, 1.807) is 35.3 Å². The molecule has 186 valence electrons. The van der Waals surface area contributed by atoms with Crippen molar-refractivity contribution in [2.75, 3.05) is 0 Å². The summed E-state index contributed by atoms with van der Waals surface area (Å²) < 4.78 is 5.04. The Morgan fingerprint density at radius 3 is 1.29 bits per heavy atom. The fourth-order valence-electron chi connectivity index (χ4n) is 3.80. The van der Waals surface area contributed by atoms with Gasteiger partial charge in [0.05, 0.1) is 0 Å². The summed E-state index contributed by atoms with van der Waals surface area (Å²) >= 11 is 4.84. The van der Waals surface area contributed by atoms with Crippen molar-refractivity contribution in [2.24, 2.45) is 0 Å². The zero-order valence-corrected chi connectivity index (χ0v) is 21.5. The zero-order valence-electron chi connectivity index (χ0n) is 19.1. The molecule has 0 amide bonds. The second kappa shape index (κ2) is 12.7. The molecule has 0 radical (unpaired) electrons. The number of ether oxygens (including phenoxy) is 1. The lowest BCUT2D eigenvalue weighted by Gasteiger charge is -2.47. The van der Waals surface area contributed by atoms with Gasteiger partial charge in [0.25, 0.3) is 0 Å². The summed E-state index contributed by atoms with van der Waals surface area (Å²) in [5.74, 6) is 1.93. The van der Waals surface area contributed by atoms with E-state index < -0.39 is 34.1 Å². The van der Waals surface area contributed by atoms with E-state index in [0.717, 1.165) is 16.7 Å². The molecule has 0 saturated carbocycles. The van der Waals surface area contributed by atoms with Crippen molar-refractivity contribution in [3.63, 3.8) is 0 Å². The molecule has 0 bridgehead atoms. The van der Waals surface area contributed by atoms with Crippen LogP contribution in [0.25, 0.3) is 0 Å². The lowest BCUT2D eigenvalue weighted by atomic mass is 10.00. The van der Waals surface area contributed by atoms with Gasteiger partial charge in [0.1, 0.15) is 27.8 Å². The molecule has 1 fully saturated rings. The molecular weight excluding hydrogens is 500 g/mol. The molecule has 4 rings (SSSR count). The third-order valence-corrected chi connectivity index (χ3v) is 11.2. The van der Waals surface area contributed by atoms with Crippen molar-refractivity contribution < 1.29 is 25.2 Å². The first-order valence-corrected chi connectivity index (χ1v) is 14.4. The Balaban J connectivity index is 1.68. The molecule has 1 heterocycles. The van der Waals surface area contributed by atoms with Crippen LogP contribution in [-0.4, -0.2) is 54.5 Å². The predicted molar refractivity (Wildman–Crippen MR) is 145 cm³/mol. The Kier molecular flexibility index (Phi) is 9.60. The summed E-state index contributed by atoms with van der Waals surface area (Å²) in [5.41, 5.74) is 3.36. The van der Waals surface area contributed by atoms with Gasteiger partial charge in [-0.25, -0.2) is 0 Å². The summed E-state index contributed by atoms with van der Waals surface area (Å²) in [6.07, 6.45) is -6.99. The molecule has 0 aliphatic carbocycles. The summed E-state index contributed by atoms with van der Waals surface area (Å²) in [6, 6.07) is 30.1. The first-order valence-electron chi connectivity index (χ1n) is 11.4. The van der Waals surface area contributed by atoms with E-state index in [-0.39, 0.29) is 0 Å². The van der Waals surface area contributed by atoms with Gasteiger partial charge >= 0.3 is 0 Å². The number of thioether (sulfide) groups is 3. The van der Waals surface area contributed by atoms with Crippen molar-refractivity contribution in [3.05, 3.63) is 108 Å². The highest BCUT2D eigenvalue weighted by molar-refractivity contribution is 8.33. The quantitative estimate of drug-likeness (QED) is 0.290. The van der Waals surface area contributed by atoms with Crippen LogP contribution in [0.15, 0.2) is 91.0 Å². The number of rotatable bonds is 10. The van der Waals surface area contributed by atoms with Gasteiger partial charge in [-0.05, 0) is 16.7 Å². The molecule has 0 aromatic heterocycles. The maximum Gasteiger partial charge on any atom is 0.184 e. The average Bonchev–Trinajstić information content (AvgIpc) is 2.91. The van der Waals surface area contributed by atoms with Crippen molar-refractivity contribution in [1.82, 2.24) is 0 Å². The number of aliphatic hydroxyl groups is 4. The Hall–Kier alpha value is -1.49. The van der Waals surface area contributed by atoms with Gasteiger partial charge < -0.3 is 25.2 Å². The van der Waals surface area contributed by atoms with Crippen molar-refractivity contribution >= 4 is 35.3 Å². The largest absolute Gasteiger partial charge is 0.387 e. The zero-order chi connectivity index (χ0) is 24.7. The molecule has 1 aliphatic heterocycles. The highest BCUT2D eigenvalue weighted by atomic mass is 32.3. The minimum atomic E-state index is -1.59. The molecule has 3 aromatic carbocycles. The lowest BCUT2D eigenvalue weighted by molar-refractivity contribution is -0.279. The number of aliphatic hydroxyl groups excluding tert-OH is 4. The van der Waals surface area contributed by atoms with E-state index in [4.69, 9.17) is 4.74 Å². The van der Waals surface area contributed by atoms with Crippen LogP contribution in [0.2, 0.25) is 0 Å². The van der Waals surface area contributed by atoms with E-state index in [2.05, 4.69) is 0 Å². The van der Waals surface area contributed by atoms with Crippen molar-refractivity contribution in [2.45, 2.75) is 51.4 Å². The molecule has 1 aliphatic rings. The van der Waals surface area contributed by atoms with Crippen molar-refractivity contribution in [3.8, 4) is 0 Å². The number of benzene rings is 3. The van der Waals surface area contributed by atoms with Crippen LogP contribution in [0.1, 0.15) is 16.7 Å². The van der Waals surface area contributed by atoms with Crippen LogP contribution in [0.4, 0.5) is 0 Å². The van der Waals surface area contributed by atoms with Crippen LogP contribution in [0.5, 0.6) is 0 Å². The standard InChI is InChI=1S/C27H30O5S3/c28-22-23(29)25(32-26(31)24(22)30)27(33-16-19-10-4-1-5-11-19,34-17-20-12-6-2-7-13-20)35-18-21-14-8-3-9-15-21/h1-15,22-26,28-31H,16-18H2/t22-,23-,24-,25-,26-/m0/s1. The van der Waals surface area contributed by atoms with E-state index in [9.17, 15) is 20.4 Å². The minimum absolute atomic E-state index is 0.645. The third kappa shape index (κ3) is 6.84. The van der Waals surface area contributed by atoms with E-state index >= 15 is 0 Å². The molecule has 35 heavy (non-hydrogen) atoms. The van der Waals surface area contributed by atoms with Crippen LogP contribution in [0.3, 0.4) is 0 Å². The van der Waals surface area contributed by atoms with Gasteiger partial charge in [0, 0.05) is 17.3 Å². The summed E-state index contributed by atoms with van der Waals surface area (Å²) in [5, 5.41) is 42.1. The molecule has 5 nitrogen and oxygen atoms in total. The summed E-state index contributed by atoms with van der Waals surface area (Å²) in [6.45, 7) is 0. The normalized spacial score (nSPS) is 24.9. The van der Waals surface area contributed by atoms with Gasteiger partial charge in [0.15, 0.2) is 6.29 Å². The SMILES string of the molecule is O[C@@H]1[C@H](O)[C@@H](O)O[C@H](C(SCc2ccccc2)(SCc2ccccc2)SCc2ccccc2)[C@H]1O. The van der Waals surface area contributed by atoms with Gasteiger partial charge in [-0.15, -0.1) is 35.3 Å². The molecule has 0 spiro atoms. The Bertz CT molecular complexity index is 919. The molecule has 3 aromatic rings. The van der Waals surface area contributed by atoms with Crippen LogP contribution in [-0.2, 0) is 22.0 Å². The molecule has 0 unspecified atom stereocenters. The van der Waals surface area contributed by atoms with Crippen LogP contribution in [0, 0.1) is 0 Å². The van der Waals surface area contributed by atoms with E-state index in [1.165, 1.54) is 0 Å². The maximum absolute atomic E-state index is 11.1. The Morgan fingerprint density at radius 1 is 0.543 bits per heavy atom. The predicted octanol–water partition coefficient (Wildman–Crippen LogP) is 4.24. The molecule has 8 heteroatoms. The Labute approximate surface area is 218 Å². The summed E-state index contributed by atoms with van der Waals surface area (Å²) in [4.78, 5) is 0. The second-order valence-corrected chi connectivity index (χ2v) is 12.8. The monoisotopic (exact) mass is 530 g/mol. The second-order valence-electron chi connectivity index (χ2n) is 8.35. The van der Waals surface area contributed by atoms with E-state index in [1.807, 2.05) is 91.0 Å². The fraction of sp³-hybridized carbons (Fsp3) is 0.333.